The number of carbonyl (C=O) groups excluding carboxylic acids is 1. The van der Waals surface area contributed by atoms with Crippen molar-refractivity contribution in [2.24, 2.45) is 0 Å². The summed E-state index contributed by atoms with van der Waals surface area (Å²) in [5, 5.41) is 3.16. The summed E-state index contributed by atoms with van der Waals surface area (Å²) < 4.78 is 5.94. The lowest BCUT2D eigenvalue weighted by Crippen LogP contribution is -2.40. The predicted molar refractivity (Wildman–Crippen MR) is 94.3 cm³/mol. The maximum atomic E-state index is 12.4. The first kappa shape index (κ1) is 16.5. The molecule has 1 aromatic carbocycles. The normalized spacial score (nSPS) is 20.4. The van der Waals surface area contributed by atoms with E-state index in [1.807, 2.05) is 56.4 Å². The lowest BCUT2D eigenvalue weighted by Gasteiger charge is -2.29. The lowest BCUT2D eigenvalue weighted by atomic mass is 9.92. The number of pyridine rings is 1. The quantitative estimate of drug-likeness (QED) is 0.930. The van der Waals surface area contributed by atoms with Gasteiger partial charge < -0.3 is 10.1 Å². The number of aryl methyl sites for hydroxylation is 2. The Bertz CT molecular complexity index is 689. The van der Waals surface area contributed by atoms with Crippen LogP contribution < -0.4 is 10.1 Å². The fourth-order valence-corrected chi connectivity index (χ4v) is 3.11. The second kappa shape index (κ2) is 7.47. The molecule has 0 radical (unpaired) electrons. The first-order valence-electron chi connectivity index (χ1n) is 8.57. The minimum atomic E-state index is 0.0256. The molecule has 1 aromatic heterocycles. The second-order valence-electron chi connectivity index (χ2n) is 6.55. The topological polar surface area (TPSA) is 51.2 Å². The number of rotatable bonds is 4. The Labute approximate surface area is 143 Å². The minimum absolute atomic E-state index is 0.0256. The van der Waals surface area contributed by atoms with E-state index in [1.165, 1.54) is 0 Å². The maximum absolute atomic E-state index is 12.4. The fourth-order valence-electron chi connectivity index (χ4n) is 3.11. The van der Waals surface area contributed by atoms with Crippen LogP contribution in [0.1, 0.15) is 47.2 Å². The number of carbonyl (C=O) groups is 1. The Balaban J connectivity index is 1.49. The smallest absolute Gasteiger partial charge is 0.251 e. The molecular weight excluding hydrogens is 300 g/mol. The van der Waals surface area contributed by atoms with Crippen LogP contribution in [0.5, 0.6) is 5.88 Å². The number of amides is 1. The van der Waals surface area contributed by atoms with Gasteiger partial charge >= 0.3 is 0 Å². The van der Waals surface area contributed by atoms with Crippen LogP contribution >= 0.6 is 0 Å². The van der Waals surface area contributed by atoms with Crippen molar-refractivity contribution in [1.82, 2.24) is 10.3 Å². The first-order valence-corrected chi connectivity index (χ1v) is 8.57. The molecule has 0 spiro atoms. The van der Waals surface area contributed by atoms with Crippen LogP contribution in [-0.2, 0) is 0 Å². The van der Waals surface area contributed by atoms with Crippen LogP contribution in [0.4, 0.5) is 0 Å². The van der Waals surface area contributed by atoms with Crippen LogP contribution in [0.2, 0.25) is 0 Å². The van der Waals surface area contributed by atoms with E-state index < -0.39 is 0 Å². The van der Waals surface area contributed by atoms with Crippen molar-refractivity contribution in [2.45, 2.75) is 51.7 Å². The van der Waals surface area contributed by atoms with Gasteiger partial charge in [0, 0.05) is 23.9 Å². The standard InChI is InChI=1S/C20H24N2O2/c1-14-7-12-19(21-13-14)24-17-10-8-16(9-11-17)22-20(23)18-6-4-3-5-15(18)2/h3-7,12-13,16-17H,8-11H2,1-2H3,(H,22,23). The molecule has 0 unspecified atom stereocenters. The highest BCUT2D eigenvalue weighted by Crippen LogP contribution is 2.23. The minimum Gasteiger partial charge on any atom is -0.474 e. The van der Waals surface area contributed by atoms with Crippen molar-refractivity contribution in [1.29, 1.82) is 0 Å². The molecule has 0 bridgehead atoms. The zero-order valence-electron chi connectivity index (χ0n) is 14.3. The molecule has 1 N–H and O–H groups in total. The summed E-state index contributed by atoms with van der Waals surface area (Å²) in [6, 6.07) is 11.9. The fraction of sp³-hybridized carbons (Fsp3) is 0.400. The van der Waals surface area contributed by atoms with Gasteiger partial charge in [0.15, 0.2) is 0 Å². The van der Waals surface area contributed by atoms with Gasteiger partial charge in [-0.2, -0.15) is 0 Å². The Hall–Kier alpha value is -2.36. The summed E-state index contributed by atoms with van der Waals surface area (Å²) in [4.78, 5) is 16.7. The van der Waals surface area contributed by atoms with E-state index >= 15 is 0 Å². The summed E-state index contributed by atoms with van der Waals surface area (Å²) in [5.41, 5.74) is 2.90. The second-order valence-corrected chi connectivity index (χ2v) is 6.55. The highest BCUT2D eigenvalue weighted by molar-refractivity contribution is 5.95. The molecule has 4 nitrogen and oxygen atoms in total. The average Bonchev–Trinajstić information content (AvgIpc) is 2.59. The zero-order chi connectivity index (χ0) is 16.9. The molecular formula is C20H24N2O2. The van der Waals surface area contributed by atoms with E-state index in [2.05, 4.69) is 10.3 Å². The van der Waals surface area contributed by atoms with Crippen molar-refractivity contribution < 1.29 is 9.53 Å². The number of nitrogens with one attached hydrogen (secondary N) is 1. The molecule has 1 amide bonds. The SMILES string of the molecule is Cc1ccc(OC2CCC(NC(=O)c3ccccc3C)CC2)nc1. The third kappa shape index (κ3) is 4.13. The maximum Gasteiger partial charge on any atom is 0.251 e. The molecule has 1 saturated carbocycles. The molecule has 1 aliphatic carbocycles. The summed E-state index contributed by atoms with van der Waals surface area (Å²) in [6.07, 6.45) is 5.76. The zero-order valence-corrected chi connectivity index (χ0v) is 14.3. The van der Waals surface area contributed by atoms with Crippen molar-refractivity contribution in [3.8, 4) is 5.88 Å². The molecule has 0 aliphatic heterocycles. The molecule has 126 valence electrons. The molecule has 3 rings (SSSR count). The van der Waals surface area contributed by atoms with Gasteiger partial charge in [-0.05, 0) is 56.7 Å². The van der Waals surface area contributed by atoms with Gasteiger partial charge in [-0.3, -0.25) is 4.79 Å². The molecule has 1 aliphatic rings. The van der Waals surface area contributed by atoms with Gasteiger partial charge in [-0.25, -0.2) is 4.98 Å². The third-order valence-electron chi connectivity index (χ3n) is 4.57. The highest BCUT2D eigenvalue weighted by Gasteiger charge is 2.24. The average molecular weight is 324 g/mol. The molecule has 0 saturated heterocycles. The lowest BCUT2D eigenvalue weighted by molar-refractivity contribution is 0.0889. The molecule has 0 atom stereocenters. The highest BCUT2D eigenvalue weighted by atomic mass is 16.5. The predicted octanol–water partition coefficient (Wildman–Crippen LogP) is 3.82. The number of hydrogen-bond acceptors (Lipinski definition) is 3. The monoisotopic (exact) mass is 324 g/mol. The van der Waals surface area contributed by atoms with Gasteiger partial charge in [0.25, 0.3) is 5.91 Å². The van der Waals surface area contributed by atoms with Gasteiger partial charge in [-0.15, -0.1) is 0 Å². The number of hydrogen-bond donors (Lipinski definition) is 1. The molecule has 2 aromatic rings. The van der Waals surface area contributed by atoms with E-state index in [4.69, 9.17) is 4.74 Å². The number of aromatic nitrogens is 1. The van der Waals surface area contributed by atoms with E-state index in [0.717, 1.165) is 42.4 Å². The van der Waals surface area contributed by atoms with Gasteiger partial charge in [0.2, 0.25) is 5.88 Å². The Morgan fingerprint density at radius 2 is 1.83 bits per heavy atom. The van der Waals surface area contributed by atoms with Gasteiger partial charge in [0.1, 0.15) is 6.10 Å². The van der Waals surface area contributed by atoms with Crippen molar-refractivity contribution in [3.05, 3.63) is 59.3 Å². The van der Waals surface area contributed by atoms with E-state index in [1.54, 1.807) is 0 Å². The van der Waals surface area contributed by atoms with Crippen molar-refractivity contribution >= 4 is 5.91 Å². The van der Waals surface area contributed by atoms with Crippen molar-refractivity contribution in [2.75, 3.05) is 0 Å². The van der Waals surface area contributed by atoms with Crippen LogP contribution in [0.3, 0.4) is 0 Å². The van der Waals surface area contributed by atoms with Gasteiger partial charge in [0.05, 0.1) is 0 Å². The number of ether oxygens (including phenoxy) is 1. The Kier molecular flexibility index (Phi) is 5.14. The number of benzene rings is 1. The largest absolute Gasteiger partial charge is 0.474 e. The van der Waals surface area contributed by atoms with Crippen LogP contribution in [0.15, 0.2) is 42.6 Å². The summed E-state index contributed by atoms with van der Waals surface area (Å²) in [6.45, 7) is 3.98. The Morgan fingerprint density at radius 3 is 2.50 bits per heavy atom. The third-order valence-corrected chi connectivity index (χ3v) is 4.57. The summed E-state index contributed by atoms with van der Waals surface area (Å²) in [7, 11) is 0. The van der Waals surface area contributed by atoms with E-state index in [-0.39, 0.29) is 18.1 Å². The first-order chi connectivity index (χ1) is 11.6. The molecule has 24 heavy (non-hydrogen) atoms. The van der Waals surface area contributed by atoms with E-state index in [9.17, 15) is 4.79 Å². The summed E-state index contributed by atoms with van der Waals surface area (Å²) in [5.74, 6) is 0.714. The molecule has 1 heterocycles. The molecule has 1 fully saturated rings. The van der Waals surface area contributed by atoms with Crippen LogP contribution in [0.25, 0.3) is 0 Å². The van der Waals surface area contributed by atoms with Crippen molar-refractivity contribution in [3.63, 3.8) is 0 Å². The van der Waals surface area contributed by atoms with Crippen LogP contribution in [0, 0.1) is 13.8 Å². The van der Waals surface area contributed by atoms with Crippen LogP contribution in [-0.4, -0.2) is 23.0 Å². The Morgan fingerprint density at radius 1 is 1.08 bits per heavy atom. The molecule has 4 heteroatoms. The summed E-state index contributed by atoms with van der Waals surface area (Å²) >= 11 is 0. The van der Waals surface area contributed by atoms with E-state index in [0.29, 0.717) is 5.88 Å². The number of nitrogens with zero attached hydrogens (tertiary/aromatic N) is 1. The van der Waals surface area contributed by atoms with Gasteiger partial charge in [-0.1, -0.05) is 24.3 Å².